The summed E-state index contributed by atoms with van der Waals surface area (Å²) >= 11 is 1.81. The Morgan fingerprint density at radius 3 is 2.94 bits per heavy atom. The Hall–Kier alpha value is -1.03. The predicted octanol–water partition coefficient (Wildman–Crippen LogP) is 2.83. The minimum Gasteiger partial charge on any atom is -0.469 e. The van der Waals surface area contributed by atoms with Crippen molar-refractivity contribution in [3.8, 4) is 0 Å². The molecule has 0 atom stereocenters. The maximum absolute atomic E-state index is 11.3. The van der Waals surface area contributed by atoms with Crippen LogP contribution >= 0.6 is 11.8 Å². The van der Waals surface area contributed by atoms with Crippen LogP contribution in [0.15, 0.2) is 23.2 Å². The molecule has 17 heavy (non-hydrogen) atoms. The highest BCUT2D eigenvalue weighted by molar-refractivity contribution is 7.99. The Kier molecular flexibility index (Phi) is 3.72. The lowest BCUT2D eigenvalue weighted by Crippen LogP contribution is -2.12. The fourth-order valence-electron chi connectivity index (χ4n) is 1.77. The van der Waals surface area contributed by atoms with E-state index in [9.17, 15) is 4.79 Å². The van der Waals surface area contributed by atoms with Crippen LogP contribution in [0.1, 0.15) is 25.0 Å². The number of aromatic nitrogens is 1. The summed E-state index contributed by atoms with van der Waals surface area (Å²) in [6.45, 7) is 1.99. The van der Waals surface area contributed by atoms with Crippen LogP contribution in [0.5, 0.6) is 0 Å². The van der Waals surface area contributed by atoms with E-state index in [1.54, 1.807) is 0 Å². The molecule has 0 amide bonds. The Morgan fingerprint density at radius 2 is 2.35 bits per heavy atom. The van der Waals surface area contributed by atoms with Crippen molar-refractivity contribution >= 4 is 17.7 Å². The van der Waals surface area contributed by atoms with E-state index in [0.717, 1.165) is 24.3 Å². The van der Waals surface area contributed by atoms with Gasteiger partial charge in [-0.3, -0.25) is 9.78 Å². The SMILES string of the molecule is COC(=O)CC1(CSc2ccnc(C)c2)CC1. The van der Waals surface area contributed by atoms with Crippen LogP contribution in [-0.4, -0.2) is 23.8 Å². The Balaban J connectivity index is 1.88. The zero-order valence-corrected chi connectivity index (χ0v) is 11.0. The molecule has 1 saturated carbocycles. The van der Waals surface area contributed by atoms with Crippen molar-refractivity contribution in [3.05, 3.63) is 24.0 Å². The van der Waals surface area contributed by atoms with Gasteiger partial charge in [0.1, 0.15) is 0 Å². The number of esters is 1. The number of carbonyl (C=O) groups excluding carboxylic acids is 1. The third-order valence-corrected chi connectivity index (χ3v) is 4.46. The number of methoxy groups -OCH3 is 1. The number of ether oxygens (including phenoxy) is 1. The van der Waals surface area contributed by atoms with Crippen molar-refractivity contribution in [1.29, 1.82) is 0 Å². The number of aryl methyl sites for hydroxylation is 1. The van der Waals surface area contributed by atoms with E-state index < -0.39 is 0 Å². The van der Waals surface area contributed by atoms with E-state index in [4.69, 9.17) is 4.74 Å². The molecule has 0 aromatic carbocycles. The summed E-state index contributed by atoms with van der Waals surface area (Å²) in [4.78, 5) is 16.7. The molecule has 0 unspecified atom stereocenters. The maximum atomic E-state index is 11.3. The van der Waals surface area contributed by atoms with Crippen molar-refractivity contribution < 1.29 is 9.53 Å². The van der Waals surface area contributed by atoms with Crippen LogP contribution in [-0.2, 0) is 9.53 Å². The summed E-state index contributed by atoms with van der Waals surface area (Å²) in [5.74, 6) is 0.903. The molecule has 0 radical (unpaired) electrons. The number of rotatable bonds is 5. The number of nitrogens with zero attached hydrogens (tertiary/aromatic N) is 1. The zero-order chi connectivity index (χ0) is 12.3. The van der Waals surface area contributed by atoms with Gasteiger partial charge >= 0.3 is 5.97 Å². The largest absolute Gasteiger partial charge is 0.469 e. The first-order valence-corrected chi connectivity index (χ1v) is 6.74. The summed E-state index contributed by atoms with van der Waals surface area (Å²) in [6.07, 6.45) is 4.66. The molecule has 3 nitrogen and oxygen atoms in total. The molecule has 4 heteroatoms. The molecule has 1 fully saturated rings. The number of hydrogen-bond donors (Lipinski definition) is 0. The molecule has 1 aromatic rings. The van der Waals surface area contributed by atoms with Crippen molar-refractivity contribution in [3.63, 3.8) is 0 Å². The Bertz CT molecular complexity index is 416. The third kappa shape index (κ3) is 3.46. The molecule has 0 spiro atoms. The molecule has 1 aliphatic carbocycles. The smallest absolute Gasteiger partial charge is 0.306 e. The lowest BCUT2D eigenvalue weighted by molar-refractivity contribution is -0.141. The third-order valence-electron chi connectivity index (χ3n) is 3.12. The second-order valence-electron chi connectivity index (χ2n) is 4.67. The normalized spacial score (nSPS) is 16.6. The second-order valence-corrected chi connectivity index (χ2v) is 5.72. The molecule has 2 rings (SSSR count). The van der Waals surface area contributed by atoms with E-state index >= 15 is 0 Å². The summed E-state index contributed by atoms with van der Waals surface area (Å²) in [5.41, 5.74) is 1.22. The average Bonchev–Trinajstić information content (AvgIpc) is 3.07. The molecule has 0 aliphatic heterocycles. The lowest BCUT2D eigenvalue weighted by atomic mass is 10.1. The predicted molar refractivity (Wildman–Crippen MR) is 68.0 cm³/mol. The van der Waals surface area contributed by atoms with Crippen LogP contribution in [0.25, 0.3) is 0 Å². The van der Waals surface area contributed by atoms with Gasteiger partial charge in [0.25, 0.3) is 0 Å². The van der Waals surface area contributed by atoms with Gasteiger partial charge in [0, 0.05) is 22.5 Å². The fraction of sp³-hybridized carbons (Fsp3) is 0.538. The van der Waals surface area contributed by atoms with Crippen LogP contribution in [0.2, 0.25) is 0 Å². The average molecular weight is 251 g/mol. The van der Waals surface area contributed by atoms with Gasteiger partial charge in [-0.15, -0.1) is 11.8 Å². The second kappa shape index (κ2) is 5.08. The first-order chi connectivity index (χ1) is 8.13. The topological polar surface area (TPSA) is 39.2 Å². The number of carbonyl (C=O) groups is 1. The van der Waals surface area contributed by atoms with Crippen molar-refractivity contribution in [2.24, 2.45) is 5.41 Å². The lowest BCUT2D eigenvalue weighted by Gasteiger charge is -2.12. The van der Waals surface area contributed by atoms with Crippen LogP contribution in [0.3, 0.4) is 0 Å². The molecule has 1 heterocycles. The first kappa shape index (κ1) is 12.4. The fourth-order valence-corrected chi connectivity index (χ4v) is 3.05. The first-order valence-electron chi connectivity index (χ1n) is 5.76. The minimum absolute atomic E-state index is 0.0889. The van der Waals surface area contributed by atoms with Crippen molar-refractivity contribution in [2.45, 2.75) is 31.1 Å². The number of thioether (sulfide) groups is 1. The van der Waals surface area contributed by atoms with Gasteiger partial charge in [0.2, 0.25) is 0 Å². The maximum Gasteiger partial charge on any atom is 0.306 e. The zero-order valence-electron chi connectivity index (χ0n) is 10.2. The van der Waals surface area contributed by atoms with E-state index in [-0.39, 0.29) is 11.4 Å². The Morgan fingerprint density at radius 1 is 1.59 bits per heavy atom. The Labute approximate surface area is 106 Å². The molecule has 1 aromatic heterocycles. The van der Waals surface area contributed by atoms with Gasteiger partial charge < -0.3 is 4.74 Å². The summed E-state index contributed by atoms with van der Waals surface area (Å²) in [5, 5.41) is 0. The minimum atomic E-state index is -0.0889. The highest BCUT2D eigenvalue weighted by Gasteiger charge is 2.44. The van der Waals surface area contributed by atoms with Crippen LogP contribution in [0.4, 0.5) is 0 Å². The van der Waals surface area contributed by atoms with Gasteiger partial charge in [-0.2, -0.15) is 0 Å². The standard InChI is InChI=1S/C13H17NO2S/c1-10-7-11(3-6-14-10)17-9-13(4-5-13)8-12(15)16-2/h3,6-7H,4-5,8-9H2,1-2H3. The molecular formula is C13H17NO2S. The quantitative estimate of drug-likeness (QED) is 0.596. The molecule has 1 aliphatic rings. The van der Waals surface area contributed by atoms with Gasteiger partial charge in [-0.25, -0.2) is 0 Å². The van der Waals surface area contributed by atoms with E-state index in [1.165, 1.54) is 12.0 Å². The van der Waals surface area contributed by atoms with E-state index in [2.05, 4.69) is 11.1 Å². The molecule has 92 valence electrons. The van der Waals surface area contributed by atoms with Crippen LogP contribution < -0.4 is 0 Å². The monoisotopic (exact) mass is 251 g/mol. The number of hydrogen-bond acceptors (Lipinski definition) is 4. The summed E-state index contributed by atoms with van der Waals surface area (Å²) in [7, 11) is 1.46. The summed E-state index contributed by atoms with van der Waals surface area (Å²) < 4.78 is 4.74. The van der Waals surface area contributed by atoms with Crippen molar-refractivity contribution in [2.75, 3.05) is 12.9 Å². The highest BCUT2D eigenvalue weighted by atomic mass is 32.2. The molecular weight excluding hydrogens is 234 g/mol. The van der Waals surface area contributed by atoms with Gasteiger partial charge in [0.15, 0.2) is 0 Å². The van der Waals surface area contributed by atoms with Crippen molar-refractivity contribution in [1.82, 2.24) is 4.98 Å². The number of pyridine rings is 1. The van der Waals surface area contributed by atoms with E-state index in [0.29, 0.717) is 6.42 Å². The van der Waals surface area contributed by atoms with Gasteiger partial charge in [0.05, 0.1) is 13.5 Å². The molecule has 0 bridgehead atoms. The molecule has 0 N–H and O–H groups in total. The van der Waals surface area contributed by atoms with E-state index in [1.807, 2.05) is 30.9 Å². The molecule has 0 saturated heterocycles. The highest BCUT2D eigenvalue weighted by Crippen LogP contribution is 2.52. The van der Waals surface area contributed by atoms with Gasteiger partial charge in [-0.1, -0.05) is 0 Å². The van der Waals surface area contributed by atoms with Gasteiger partial charge in [-0.05, 0) is 37.3 Å². The van der Waals surface area contributed by atoms with Crippen LogP contribution in [0, 0.1) is 12.3 Å². The summed E-state index contributed by atoms with van der Waals surface area (Å²) in [6, 6.07) is 4.10.